The number of anilines is 3. The molecule has 26 heavy (non-hydrogen) atoms. The van der Waals surface area contributed by atoms with Gasteiger partial charge in [0.05, 0.1) is 10.7 Å². The van der Waals surface area contributed by atoms with Crippen LogP contribution in [0.3, 0.4) is 0 Å². The molecule has 1 aliphatic rings. The Hall–Kier alpha value is -3.47. The van der Waals surface area contributed by atoms with Crippen molar-refractivity contribution in [1.82, 2.24) is 15.0 Å². The summed E-state index contributed by atoms with van der Waals surface area (Å²) >= 11 is 0.730. The van der Waals surface area contributed by atoms with Gasteiger partial charge in [-0.1, -0.05) is 24.3 Å². The highest BCUT2D eigenvalue weighted by Crippen LogP contribution is 2.33. The summed E-state index contributed by atoms with van der Waals surface area (Å²) in [5, 5.41) is 11.5. The van der Waals surface area contributed by atoms with Crippen molar-refractivity contribution in [2.24, 2.45) is 0 Å². The number of allylic oxidation sites excluding steroid dienone is 2. The molecule has 0 radical (unpaired) electrons. The van der Waals surface area contributed by atoms with Crippen LogP contribution in [0.15, 0.2) is 34.9 Å². The summed E-state index contributed by atoms with van der Waals surface area (Å²) in [6.45, 7) is 0. The Bertz CT molecular complexity index is 954. The van der Waals surface area contributed by atoms with Crippen LogP contribution < -0.4 is 16.8 Å². The second-order valence-corrected chi connectivity index (χ2v) is 6.08. The van der Waals surface area contributed by atoms with Gasteiger partial charge in [-0.05, 0) is 0 Å². The van der Waals surface area contributed by atoms with Crippen molar-refractivity contribution in [3.63, 3.8) is 0 Å². The number of rotatable bonds is 5. The van der Waals surface area contributed by atoms with Crippen LogP contribution in [0.5, 0.6) is 0 Å². The molecule has 11 heteroatoms. The Labute approximate surface area is 150 Å². The van der Waals surface area contributed by atoms with Crippen molar-refractivity contribution in [3.8, 4) is 0 Å². The minimum atomic E-state index is -1.13. The average molecular weight is 372 g/mol. The van der Waals surface area contributed by atoms with Crippen molar-refractivity contribution >= 4 is 47.1 Å². The molecule has 0 aliphatic heterocycles. The van der Waals surface area contributed by atoms with Gasteiger partial charge in [-0.25, -0.2) is 0 Å². The number of benzene rings is 1. The van der Waals surface area contributed by atoms with E-state index in [9.17, 15) is 14.4 Å². The van der Waals surface area contributed by atoms with Crippen molar-refractivity contribution < 1.29 is 19.5 Å². The predicted molar refractivity (Wildman–Crippen MR) is 94.5 cm³/mol. The van der Waals surface area contributed by atoms with Gasteiger partial charge in [0.25, 0.3) is 0 Å². The quantitative estimate of drug-likeness (QED) is 0.577. The summed E-state index contributed by atoms with van der Waals surface area (Å²) in [5.74, 6) is -2.96. The molecular formula is C15H12N6O4S. The van der Waals surface area contributed by atoms with Gasteiger partial charge in [0.15, 0.2) is 0 Å². The molecule has 0 spiro atoms. The van der Waals surface area contributed by atoms with E-state index in [1.165, 1.54) is 12.1 Å². The molecule has 0 saturated carbocycles. The first-order valence-corrected chi connectivity index (χ1v) is 8.16. The van der Waals surface area contributed by atoms with Crippen LogP contribution in [0.1, 0.15) is 20.7 Å². The number of thioether (sulfide) groups is 1. The van der Waals surface area contributed by atoms with Crippen molar-refractivity contribution in [3.05, 3.63) is 46.0 Å². The third kappa shape index (κ3) is 3.32. The fourth-order valence-electron chi connectivity index (χ4n) is 2.31. The number of nitrogens with two attached hydrogens (primary N) is 2. The van der Waals surface area contributed by atoms with Gasteiger partial charge in [-0.15, -0.1) is 11.8 Å². The minimum absolute atomic E-state index is 0.0475. The summed E-state index contributed by atoms with van der Waals surface area (Å²) in [5.41, 5.74) is 11.3. The normalized spacial score (nSPS) is 13.5. The van der Waals surface area contributed by atoms with Crippen LogP contribution in [0.25, 0.3) is 0 Å². The van der Waals surface area contributed by atoms with Crippen LogP contribution in [0, 0.1) is 0 Å². The molecule has 132 valence electrons. The lowest BCUT2D eigenvalue weighted by Gasteiger charge is -2.20. The summed E-state index contributed by atoms with van der Waals surface area (Å²) < 4.78 is 0. The number of carboxylic acid groups (broad SMARTS) is 1. The van der Waals surface area contributed by atoms with Gasteiger partial charge in [-0.3, -0.25) is 14.4 Å². The SMILES string of the molecule is Nc1nc(N)nc(NC2=C(SCC(=O)O)C(=O)c3ccccc3C2=O)n1. The molecular weight excluding hydrogens is 360 g/mol. The number of ketones is 2. The van der Waals surface area contributed by atoms with Crippen molar-refractivity contribution in [1.29, 1.82) is 0 Å². The zero-order valence-corrected chi connectivity index (χ0v) is 13.9. The first kappa shape index (κ1) is 17.4. The highest BCUT2D eigenvalue weighted by Gasteiger charge is 2.33. The first-order chi connectivity index (χ1) is 12.4. The lowest BCUT2D eigenvalue weighted by molar-refractivity contribution is -0.133. The monoisotopic (exact) mass is 372 g/mol. The van der Waals surface area contributed by atoms with E-state index in [0.717, 1.165) is 11.8 Å². The standard InChI is InChI=1S/C15H12N6O4S/c16-13-19-14(17)21-15(20-13)18-9-10(24)6-3-1-2-4-7(6)11(25)12(9)26-5-8(22)23/h1-4H,5H2,(H,22,23)(H5,16,17,18,19,20,21). The first-order valence-electron chi connectivity index (χ1n) is 7.18. The van der Waals surface area contributed by atoms with Gasteiger partial charge in [0, 0.05) is 11.1 Å². The topological polar surface area (TPSA) is 174 Å². The molecule has 0 fully saturated rings. The number of Topliss-reactive ketones (excluding diaryl/α,β-unsaturated/α-hetero) is 2. The van der Waals surface area contributed by atoms with Crippen LogP contribution in [-0.4, -0.2) is 43.3 Å². The van der Waals surface area contributed by atoms with Gasteiger partial charge < -0.3 is 21.9 Å². The molecule has 0 saturated heterocycles. The molecule has 2 aromatic rings. The van der Waals surface area contributed by atoms with E-state index in [1.54, 1.807) is 12.1 Å². The zero-order valence-electron chi connectivity index (χ0n) is 13.1. The summed E-state index contributed by atoms with van der Waals surface area (Å²) in [7, 11) is 0. The second-order valence-electron chi connectivity index (χ2n) is 5.09. The largest absolute Gasteiger partial charge is 0.481 e. The van der Waals surface area contributed by atoms with E-state index in [4.69, 9.17) is 16.6 Å². The summed E-state index contributed by atoms with van der Waals surface area (Å²) in [6.07, 6.45) is 0. The zero-order chi connectivity index (χ0) is 18.8. The van der Waals surface area contributed by atoms with Crippen LogP contribution in [0.4, 0.5) is 17.8 Å². The van der Waals surface area contributed by atoms with Gasteiger partial charge in [0.2, 0.25) is 29.4 Å². The van der Waals surface area contributed by atoms with E-state index in [1.807, 2.05) is 0 Å². The number of hydrogen-bond donors (Lipinski definition) is 4. The number of carbonyl (C=O) groups excluding carboxylic acids is 2. The lowest BCUT2D eigenvalue weighted by Crippen LogP contribution is -2.26. The number of carboxylic acids is 1. The maximum Gasteiger partial charge on any atom is 0.313 e. The van der Waals surface area contributed by atoms with E-state index in [-0.39, 0.29) is 39.6 Å². The summed E-state index contributed by atoms with van der Waals surface area (Å²) in [6, 6.07) is 6.25. The van der Waals surface area contributed by atoms with Crippen LogP contribution in [0.2, 0.25) is 0 Å². The third-order valence-corrected chi connectivity index (χ3v) is 4.39. The maximum atomic E-state index is 12.8. The van der Waals surface area contributed by atoms with Gasteiger partial charge in [0.1, 0.15) is 5.70 Å². The Morgan fingerprint density at radius 1 is 1.04 bits per heavy atom. The number of nitrogens with zero attached hydrogens (tertiary/aromatic N) is 3. The average Bonchev–Trinajstić information content (AvgIpc) is 2.58. The predicted octanol–water partition coefficient (Wildman–Crippen LogP) is 0.556. The van der Waals surface area contributed by atoms with Crippen molar-refractivity contribution in [2.45, 2.75) is 0 Å². The molecule has 0 atom stereocenters. The van der Waals surface area contributed by atoms with Gasteiger partial charge in [-0.2, -0.15) is 15.0 Å². The highest BCUT2D eigenvalue weighted by molar-refractivity contribution is 8.04. The molecule has 1 aliphatic carbocycles. The van der Waals surface area contributed by atoms with E-state index >= 15 is 0 Å². The Morgan fingerprint density at radius 2 is 1.62 bits per heavy atom. The maximum absolute atomic E-state index is 12.8. The van der Waals surface area contributed by atoms with E-state index in [0.29, 0.717) is 0 Å². The molecule has 1 aromatic carbocycles. The number of aromatic nitrogens is 3. The fraction of sp³-hybridized carbons (Fsp3) is 0.0667. The second kappa shape index (κ2) is 6.80. The number of aliphatic carboxylic acids is 1. The number of fused-ring (bicyclic) bond motifs is 1. The number of nitrogens with one attached hydrogen (secondary N) is 1. The Balaban J connectivity index is 2.08. The van der Waals surface area contributed by atoms with Crippen LogP contribution in [-0.2, 0) is 4.79 Å². The number of hydrogen-bond acceptors (Lipinski definition) is 10. The van der Waals surface area contributed by atoms with Gasteiger partial charge >= 0.3 is 5.97 Å². The van der Waals surface area contributed by atoms with E-state index in [2.05, 4.69) is 20.3 Å². The molecule has 0 unspecified atom stereocenters. The van der Waals surface area contributed by atoms with Crippen LogP contribution >= 0.6 is 11.8 Å². The third-order valence-electron chi connectivity index (χ3n) is 3.32. The smallest absolute Gasteiger partial charge is 0.313 e. The fourth-order valence-corrected chi connectivity index (χ4v) is 3.11. The summed E-state index contributed by atoms with van der Waals surface area (Å²) in [4.78, 5) is 47.7. The molecule has 10 nitrogen and oxygen atoms in total. The molecule has 6 N–H and O–H groups in total. The minimum Gasteiger partial charge on any atom is -0.481 e. The molecule has 0 bridgehead atoms. The van der Waals surface area contributed by atoms with E-state index < -0.39 is 23.3 Å². The number of nitrogen functional groups attached to an aromatic ring is 2. The Kier molecular flexibility index (Phi) is 4.54. The number of carbonyl (C=O) groups is 3. The molecule has 1 aromatic heterocycles. The molecule has 3 rings (SSSR count). The molecule has 1 heterocycles. The Morgan fingerprint density at radius 3 is 2.19 bits per heavy atom. The molecule has 0 amide bonds. The highest BCUT2D eigenvalue weighted by atomic mass is 32.2. The lowest BCUT2D eigenvalue weighted by atomic mass is 9.92. The van der Waals surface area contributed by atoms with Crippen molar-refractivity contribution in [2.75, 3.05) is 22.5 Å².